The van der Waals surface area contributed by atoms with E-state index in [-0.39, 0.29) is 33.4 Å². The van der Waals surface area contributed by atoms with Crippen LogP contribution >= 0.6 is 21.6 Å². The number of rotatable bonds is 5. The standard InChI is InChI=1S/C12H8F2N8O2S2/c1-23-11-19-9(5(13)7-15-3-17-21(7)11)25-26-10-6(14)8-16-4-18-22(8)12(20-10)24-2/h3-4H,1-2H3. The lowest BCUT2D eigenvalue weighted by atomic mass is 10.6. The highest BCUT2D eigenvalue weighted by Crippen LogP contribution is 2.40. The van der Waals surface area contributed by atoms with Crippen molar-refractivity contribution in [3.63, 3.8) is 0 Å². The second-order valence-electron chi connectivity index (χ2n) is 4.59. The van der Waals surface area contributed by atoms with Crippen LogP contribution in [0.1, 0.15) is 0 Å². The Morgan fingerprint density at radius 1 is 0.808 bits per heavy atom. The molecule has 0 bridgehead atoms. The zero-order chi connectivity index (χ0) is 18.3. The molecular weight excluding hydrogens is 390 g/mol. The first-order chi connectivity index (χ1) is 12.6. The Labute approximate surface area is 151 Å². The molecule has 0 fully saturated rings. The van der Waals surface area contributed by atoms with Gasteiger partial charge in [0.1, 0.15) is 12.7 Å². The molecule has 4 rings (SSSR count). The van der Waals surface area contributed by atoms with E-state index in [0.29, 0.717) is 0 Å². The van der Waals surface area contributed by atoms with E-state index in [9.17, 15) is 8.78 Å². The smallest absolute Gasteiger partial charge is 0.320 e. The van der Waals surface area contributed by atoms with Crippen LogP contribution in [0.3, 0.4) is 0 Å². The van der Waals surface area contributed by atoms with Gasteiger partial charge in [-0.1, -0.05) is 0 Å². The summed E-state index contributed by atoms with van der Waals surface area (Å²) in [6, 6.07) is 0.0850. The van der Waals surface area contributed by atoms with E-state index in [4.69, 9.17) is 9.47 Å². The zero-order valence-corrected chi connectivity index (χ0v) is 14.8. The van der Waals surface area contributed by atoms with E-state index >= 15 is 0 Å². The minimum Gasteiger partial charge on any atom is -0.467 e. The number of aromatic nitrogens is 8. The molecule has 0 N–H and O–H groups in total. The topological polar surface area (TPSA) is 105 Å². The highest BCUT2D eigenvalue weighted by molar-refractivity contribution is 8.76. The molecule has 0 aliphatic carbocycles. The molecule has 14 heteroatoms. The van der Waals surface area contributed by atoms with Crippen molar-refractivity contribution in [1.29, 1.82) is 0 Å². The number of hydrogen-bond acceptors (Lipinski definition) is 10. The fourth-order valence-electron chi connectivity index (χ4n) is 2.07. The van der Waals surface area contributed by atoms with Gasteiger partial charge in [0, 0.05) is 0 Å². The second-order valence-corrected chi connectivity index (χ2v) is 6.70. The number of hydrogen-bond donors (Lipinski definition) is 0. The third-order valence-corrected chi connectivity index (χ3v) is 5.32. The van der Waals surface area contributed by atoms with Crippen molar-refractivity contribution in [3.8, 4) is 12.0 Å². The summed E-state index contributed by atoms with van der Waals surface area (Å²) >= 11 is 0. The minimum atomic E-state index is -0.711. The maximum absolute atomic E-state index is 14.5. The summed E-state index contributed by atoms with van der Waals surface area (Å²) in [5, 5.41) is 7.54. The molecule has 4 heterocycles. The molecular formula is C12H8F2N8O2S2. The van der Waals surface area contributed by atoms with Crippen LogP contribution in [0.15, 0.2) is 22.7 Å². The monoisotopic (exact) mass is 398 g/mol. The van der Waals surface area contributed by atoms with E-state index in [1.165, 1.54) is 26.9 Å². The largest absolute Gasteiger partial charge is 0.467 e. The molecule has 0 saturated heterocycles. The zero-order valence-electron chi connectivity index (χ0n) is 13.1. The first-order valence-electron chi connectivity index (χ1n) is 6.85. The van der Waals surface area contributed by atoms with Crippen LogP contribution in [0.4, 0.5) is 8.78 Å². The normalized spacial score (nSPS) is 11.4. The maximum atomic E-state index is 14.5. The Kier molecular flexibility index (Phi) is 4.20. The van der Waals surface area contributed by atoms with Crippen molar-refractivity contribution < 1.29 is 18.3 Å². The predicted molar refractivity (Wildman–Crippen MR) is 86.3 cm³/mol. The van der Waals surface area contributed by atoms with Crippen molar-refractivity contribution in [2.75, 3.05) is 14.2 Å². The van der Waals surface area contributed by atoms with Gasteiger partial charge in [-0.25, -0.2) is 9.97 Å². The second kappa shape index (κ2) is 6.53. The third-order valence-electron chi connectivity index (χ3n) is 3.19. The van der Waals surface area contributed by atoms with E-state index in [1.54, 1.807) is 0 Å². The van der Waals surface area contributed by atoms with Crippen LogP contribution in [-0.4, -0.2) is 53.4 Å². The molecule has 0 aromatic carbocycles. The molecule has 0 unspecified atom stereocenters. The minimum absolute atomic E-state index is 0.0425. The fourth-order valence-corrected chi connectivity index (χ4v) is 3.93. The SMILES string of the molecule is COc1nc(SSc2nc(OC)n3ncnc3c2F)c(F)c2ncnn12. The molecule has 0 aliphatic heterocycles. The summed E-state index contributed by atoms with van der Waals surface area (Å²) in [7, 11) is 4.43. The summed E-state index contributed by atoms with van der Waals surface area (Å²) in [5.41, 5.74) is -0.113. The van der Waals surface area contributed by atoms with Gasteiger partial charge in [-0.15, -0.1) is 0 Å². The number of nitrogens with zero attached hydrogens (tertiary/aromatic N) is 8. The van der Waals surface area contributed by atoms with E-state index in [1.807, 2.05) is 0 Å². The molecule has 0 radical (unpaired) electrons. The van der Waals surface area contributed by atoms with Gasteiger partial charge in [-0.2, -0.15) is 38.0 Å². The number of ether oxygens (including phenoxy) is 2. The third kappa shape index (κ3) is 2.57. The van der Waals surface area contributed by atoms with Crippen LogP contribution in [-0.2, 0) is 0 Å². The maximum Gasteiger partial charge on any atom is 0.320 e. The van der Waals surface area contributed by atoms with Gasteiger partial charge in [0.15, 0.2) is 21.3 Å². The molecule has 0 aliphatic rings. The van der Waals surface area contributed by atoms with Crippen molar-refractivity contribution in [2.24, 2.45) is 0 Å². The van der Waals surface area contributed by atoms with Crippen molar-refractivity contribution in [1.82, 2.24) is 39.2 Å². The Hall–Kier alpha value is -2.74. The van der Waals surface area contributed by atoms with Gasteiger partial charge in [0.2, 0.25) is 11.6 Å². The Bertz CT molecular complexity index is 1030. The lowest BCUT2D eigenvalue weighted by molar-refractivity contribution is 0.358. The predicted octanol–water partition coefficient (Wildman–Crippen LogP) is 1.66. The van der Waals surface area contributed by atoms with Crippen LogP contribution in [0.5, 0.6) is 12.0 Å². The highest BCUT2D eigenvalue weighted by Gasteiger charge is 2.21. The van der Waals surface area contributed by atoms with Gasteiger partial charge < -0.3 is 9.47 Å². The molecule has 26 heavy (non-hydrogen) atoms. The Morgan fingerprint density at radius 2 is 1.23 bits per heavy atom. The fraction of sp³-hybridized carbons (Fsp3) is 0.167. The van der Waals surface area contributed by atoms with Crippen LogP contribution in [0.25, 0.3) is 11.3 Å². The Morgan fingerprint density at radius 3 is 1.62 bits per heavy atom. The summed E-state index contributed by atoms with van der Waals surface area (Å²) in [5.74, 6) is -1.42. The number of methoxy groups -OCH3 is 2. The molecule has 4 aromatic rings. The van der Waals surface area contributed by atoms with Crippen LogP contribution in [0, 0.1) is 11.6 Å². The summed E-state index contributed by atoms with van der Waals surface area (Å²) in [6.45, 7) is 0. The molecule has 0 spiro atoms. The average molecular weight is 398 g/mol. The van der Waals surface area contributed by atoms with Gasteiger partial charge in [0.25, 0.3) is 0 Å². The first-order valence-corrected chi connectivity index (χ1v) is 9.00. The van der Waals surface area contributed by atoms with E-state index < -0.39 is 11.6 Å². The molecule has 4 aromatic heterocycles. The lowest BCUT2D eigenvalue weighted by Gasteiger charge is -2.08. The average Bonchev–Trinajstić information content (AvgIpc) is 3.32. The van der Waals surface area contributed by atoms with Gasteiger partial charge in [-0.05, 0) is 21.6 Å². The quantitative estimate of drug-likeness (QED) is 0.364. The van der Waals surface area contributed by atoms with Crippen molar-refractivity contribution in [3.05, 3.63) is 24.3 Å². The molecule has 0 saturated carbocycles. The number of halogens is 2. The van der Waals surface area contributed by atoms with E-state index in [0.717, 1.165) is 30.6 Å². The Balaban J connectivity index is 1.71. The molecule has 0 amide bonds. The highest BCUT2D eigenvalue weighted by atomic mass is 33.1. The van der Waals surface area contributed by atoms with Crippen molar-refractivity contribution in [2.45, 2.75) is 10.1 Å². The molecule has 0 atom stereocenters. The van der Waals surface area contributed by atoms with Crippen LogP contribution in [0.2, 0.25) is 0 Å². The summed E-state index contributed by atoms with van der Waals surface area (Å²) < 4.78 is 41.4. The van der Waals surface area contributed by atoms with Gasteiger partial charge in [0.05, 0.1) is 14.2 Å². The first kappa shape index (κ1) is 16.7. The van der Waals surface area contributed by atoms with Gasteiger partial charge >= 0.3 is 12.0 Å². The molecule has 10 nitrogen and oxygen atoms in total. The summed E-state index contributed by atoms with van der Waals surface area (Å²) in [6.07, 6.45) is 2.35. The van der Waals surface area contributed by atoms with Gasteiger partial charge in [-0.3, -0.25) is 0 Å². The number of fused-ring (bicyclic) bond motifs is 2. The molecule has 134 valence electrons. The van der Waals surface area contributed by atoms with E-state index in [2.05, 4.69) is 30.1 Å². The van der Waals surface area contributed by atoms with Crippen LogP contribution < -0.4 is 9.47 Å². The van der Waals surface area contributed by atoms with Crippen molar-refractivity contribution >= 4 is 32.9 Å². The lowest BCUT2D eigenvalue weighted by Crippen LogP contribution is -2.04. The summed E-state index contributed by atoms with van der Waals surface area (Å²) in [4.78, 5) is 15.7.